The molecule has 1 aromatic carbocycles. The first-order valence-corrected chi connectivity index (χ1v) is 10.1. The van der Waals surface area contributed by atoms with Gasteiger partial charge in [0.05, 0.1) is 6.04 Å². The molecule has 2 amide bonds. The summed E-state index contributed by atoms with van der Waals surface area (Å²) >= 11 is 0. The van der Waals surface area contributed by atoms with Crippen LogP contribution < -0.4 is 10.2 Å². The lowest BCUT2D eigenvalue weighted by Gasteiger charge is -2.36. The highest BCUT2D eigenvalue weighted by molar-refractivity contribution is 6.06. The fourth-order valence-corrected chi connectivity index (χ4v) is 3.56. The van der Waals surface area contributed by atoms with Crippen molar-refractivity contribution >= 4 is 23.7 Å². The predicted octanol–water partition coefficient (Wildman–Crippen LogP) is 3.53. The Balaban J connectivity index is 2.16. The SMILES string of the molecule is C=CCOC(=O)NC1Cc2ccccc2N(C(=O)C(CCCCCC)C(=O)O)C1. The largest absolute Gasteiger partial charge is 0.481 e. The van der Waals surface area contributed by atoms with Crippen LogP contribution in [0.25, 0.3) is 0 Å². The molecule has 7 heteroatoms. The molecule has 0 fully saturated rings. The Bertz CT molecular complexity index is 734. The third kappa shape index (κ3) is 6.34. The molecule has 2 atom stereocenters. The van der Waals surface area contributed by atoms with E-state index in [1.54, 1.807) is 0 Å². The molecule has 1 aromatic rings. The average Bonchev–Trinajstić information content (AvgIpc) is 2.71. The zero-order valence-corrected chi connectivity index (χ0v) is 16.9. The van der Waals surface area contributed by atoms with Crippen molar-refractivity contribution in [3.63, 3.8) is 0 Å². The first-order chi connectivity index (χ1) is 14.0. The number of carboxylic acids is 1. The van der Waals surface area contributed by atoms with Crippen LogP contribution in [0.3, 0.4) is 0 Å². The number of fused-ring (bicyclic) bond motifs is 1. The number of carbonyl (C=O) groups excluding carboxylic acids is 2. The zero-order valence-electron chi connectivity index (χ0n) is 16.9. The Kier molecular flexibility index (Phi) is 8.70. The molecule has 0 saturated heterocycles. The van der Waals surface area contributed by atoms with Crippen molar-refractivity contribution in [1.82, 2.24) is 5.32 Å². The molecule has 1 heterocycles. The number of amides is 2. The van der Waals surface area contributed by atoms with Gasteiger partial charge in [0, 0.05) is 12.2 Å². The molecule has 2 unspecified atom stereocenters. The average molecular weight is 402 g/mol. The molecular weight excluding hydrogens is 372 g/mol. The van der Waals surface area contributed by atoms with E-state index in [0.29, 0.717) is 24.9 Å². The Morgan fingerprint density at radius 1 is 1.31 bits per heavy atom. The fraction of sp³-hybridized carbons (Fsp3) is 0.500. The number of benzene rings is 1. The standard InChI is InChI=1S/C22H30N2O5/c1-3-5-6-7-11-18(21(26)27)20(25)24-15-17(23-22(28)29-13-4-2)14-16-10-8-9-12-19(16)24/h4,8-10,12,17-18H,2-3,5-7,11,13-15H2,1H3,(H,23,28)(H,26,27). The molecule has 158 valence electrons. The van der Waals surface area contributed by atoms with Crippen LogP contribution >= 0.6 is 0 Å². The van der Waals surface area contributed by atoms with Gasteiger partial charge in [-0.3, -0.25) is 9.59 Å². The molecule has 0 spiro atoms. The van der Waals surface area contributed by atoms with Gasteiger partial charge in [0.15, 0.2) is 0 Å². The highest BCUT2D eigenvalue weighted by Gasteiger charge is 2.36. The van der Waals surface area contributed by atoms with Crippen LogP contribution in [0.1, 0.15) is 44.6 Å². The molecular formula is C22H30N2O5. The highest BCUT2D eigenvalue weighted by atomic mass is 16.5. The van der Waals surface area contributed by atoms with Gasteiger partial charge in [0.2, 0.25) is 5.91 Å². The summed E-state index contributed by atoms with van der Waals surface area (Å²) in [4.78, 5) is 38.4. The maximum absolute atomic E-state index is 13.2. The van der Waals surface area contributed by atoms with E-state index in [9.17, 15) is 19.5 Å². The Morgan fingerprint density at radius 3 is 2.76 bits per heavy atom. The number of rotatable bonds is 10. The number of hydrogen-bond acceptors (Lipinski definition) is 4. The summed E-state index contributed by atoms with van der Waals surface area (Å²) in [5, 5.41) is 12.4. The summed E-state index contributed by atoms with van der Waals surface area (Å²) < 4.78 is 4.97. The molecule has 2 N–H and O–H groups in total. The number of nitrogens with zero attached hydrogens (tertiary/aromatic N) is 1. The molecule has 2 rings (SSSR count). The van der Waals surface area contributed by atoms with Gasteiger partial charge in [-0.15, -0.1) is 0 Å². The van der Waals surface area contributed by atoms with E-state index < -0.39 is 23.9 Å². The van der Waals surface area contributed by atoms with E-state index in [2.05, 4.69) is 18.8 Å². The molecule has 0 aromatic heterocycles. The number of aliphatic carboxylic acids is 1. The number of alkyl carbamates (subject to hydrolysis) is 1. The molecule has 0 aliphatic carbocycles. The first kappa shape index (κ1) is 22.5. The second-order valence-electron chi connectivity index (χ2n) is 7.25. The molecule has 1 aliphatic rings. The third-order valence-corrected chi connectivity index (χ3v) is 5.01. The number of para-hydroxylation sites is 1. The number of carboxylic acid groups (broad SMARTS) is 1. The van der Waals surface area contributed by atoms with Crippen molar-refractivity contribution in [2.75, 3.05) is 18.1 Å². The summed E-state index contributed by atoms with van der Waals surface area (Å²) in [6, 6.07) is 7.02. The van der Waals surface area contributed by atoms with E-state index in [4.69, 9.17) is 4.74 Å². The van der Waals surface area contributed by atoms with Crippen molar-refractivity contribution in [3.8, 4) is 0 Å². The Hall–Kier alpha value is -2.83. The molecule has 0 saturated carbocycles. The van der Waals surface area contributed by atoms with E-state index in [0.717, 1.165) is 24.8 Å². The lowest BCUT2D eigenvalue weighted by molar-refractivity contribution is -0.146. The van der Waals surface area contributed by atoms with E-state index in [-0.39, 0.29) is 19.2 Å². The van der Waals surface area contributed by atoms with E-state index in [1.165, 1.54) is 11.0 Å². The minimum absolute atomic E-state index is 0.0939. The second-order valence-corrected chi connectivity index (χ2v) is 7.25. The molecule has 1 aliphatic heterocycles. The van der Waals surface area contributed by atoms with Crippen LogP contribution in [-0.2, 0) is 20.7 Å². The smallest absolute Gasteiger partial charge is 0.407 e. The van der Waals surface area contributed by atoms with Crippen molar-refractivity contribution in [1.29, 1.82) is 0 Å². The van der Waals surface area contributed by atoms with Crippen LogP contribution in [-0.4, -0.2) is 42.3 Å². The topological polar surface area (TPSA) is 95.9 Å². The fourth-order valence-electron chi connectivity index (χ4n) is 3.56. The number of unbranched alkanes of at least 4 members (excludes halogenated alkanes) is 3. The van der Waals surface area contributed by atoms with Gasteiger partial charge in [0.25, 0.3) is 0 Å². The molecule has 7 nitrogen and oxygen atoms in total. The third-order valence-electron chi connectivity index (χ3n) is 5.01. The highest BCUT2D eigenvalue weighted by Crippen LogP contribution is 2.29. The summed E-state index contributed by atoms with van der Waals surface area (Å²) in [6.07, 6.45) is 5.40. The first-order valence-electron chi connectivity index (χ1n) is 10.1. The number of ether oxygens (including phenoxy) is 1. The van der Waals surface area contributed by atoms with Gasteiger partial charge in [-0.25, -0.2) is 4.79 Å². The predicted molar refractivity (Wildman–Crippen MR) is 111 cm³/mol. The lowest BCUT2D eigenvalue weighted by atomic mass is 9.94. The van der Waals surface area contributed by atoms with E-state index >= 15 is 0 Å². The number of anilines is 1. The van der Waals surface area contributed by atoms with Gasteiger partial charge in [0.1, 0.15) is 12.5 Å². The molecule has 0 radical (unpaired) electrons. The van der Waals surface area contributed by atoms with Crippen LogP contribution in [0, 0.1) is 5.92 Å². The van der Waals surface area contributed by atoms with Gasteiger partial charge < -0.3 is 20.1 Å². The van der Waals surface area contributed by atoms with Crippen molar-refractivity contribution in [2.45, 2.75) is 51.5 Å². The number of nitrogens with one attached hydrogen (secondary N) is 1. The minimum Gasteiger partial charge on any atom is -0.481 e. The number of hydrogen-bond donors (Lipinski definition) is 2. The van der Waals surface area contributed by atoms with Gasteiger partial charge >= 0.3 is 12.1 Å². The normalized spacial score (nSPS) is 16.4. The van der Waals surface area contributed by atoms with Crippen LogP contribution in [0.15, 0.2) is 36.9 Å². The second kappa shape index (κ2) is 11.2. The summed E-state index contributed by atoms with van der Waals surface area (Å²) in [7, 11) is 0. The summed E-state index contributed by atoms with van der Waals surface area (Å²) in [5.41, 5.74) is 1.59. The summed E-state index contributed by atoms with van der Waals surface area (Å²) in [5.74, 6) is -2.64. The maximum atomic E-state index is 13.2. The quantitative estimate of drug-likeness (QED) is 0.355. The van der Waals surface area contributed by atoms with Crippen LogP contribution in [0.5, 0.6) is 0 Å². The van der Waals surface area contributed by atoms with Gasteiger partial charge in [-0.2, -0.15) is 0 Å². The number of carbonyl (C=O) groups is 3. The van der Waals surface area contributed by atoms with Crippen molar-refractivity contribution < 1.29 is 24.2 Å². The monoisotopic (exact) mass is 402 g/mol. The molecule has 0 bridgehead atoms. The zero-order chi connectivity index (χ0) is 21.2. The Morgan fingerprint density at radius 2 is 2.07 bits per heavy atom. The van der Waals surface area contributed by atoms with Gasteiger partial charge in [-0.05, 0) is 24.5 Å². The minimum atomic E-state index is -1.11. The summed E-state index contributed by atoms with van der Waals surface area (Å²) in [6.45, 7) is 5.88. The van der Waals surface area contributed by atoms with Gasteiger partial charge in [-0.1, -0.05) is 63.5 Å². The van der Waals surface area contributed by atoms with Crippen LogP contribution in [0.4, 0.5) is 10.5 Å². The molecule has 29 heavy (non-hydrogen) atoms. The van der Waals surface area contributed by atoms with Crippen molar-refractivity contribution in [2.24, 2.45) is 5.92 Å². The van der Waals surface area contributed by atoms with Crippen LogP contribution in [0.2, 0.25) is 0 Å². The maximum Gasteiger partial charge on any atom is 0.407 e. The van der Waals surface area contributed by atoms with Crippen molar-refractivity contribution in [3.05, 3.63) is 42.5 Å². The van der Waals surface area contributed by atoms with E-state index in [1.807, 2.05) is 24.3 Å². The Labute approximate surface area is 171 Å². The lowest BCUT2D eigenvalue weighted by Crippen LogP contribution is -2.52.